The third-order valence-corrected chi connectivity index (χ3v) is 5.98. The van der Waals surface area contributed by atoms with Crippen molar-refractivity contribution < 1.29 is 14.3 Å². The Hall–Kier alpha value is -1.88. The number of amides is 2. The number of nitrogens with zero attached hydrogens (tertiary/aromatic N) is 2. The van der Waals surface area contributed by atoms with Crippen LogP contribution in [0, 0.1) is 5.92 Å². The molecule has 3 aliphatic rings. The van der Waals surface area contributed by atoms with Crippen molar-refractivity contribution in [2.45, 2.75) is 38.5 Å². The molecule has 0 N–H and O–H groups in total. The molecule has 26 heavy (non-hydrogen) atoms. The van der Waals surface area contributed by atoms with Crippen LogP contribution in [0.2, 0.25) is 0 Å². The molecule has 0 aromatic heterocycles. The number of fused-ring (bicyclic) bond motifs is 1. The summed E-state index contributed by atoms with van der Waals surface area (Å²) in [6.45, 7) is 3.89. The van der Waals surface area contributed by atoms with E-state index in [0.29, 0.717) is 32.8 Å². The minimum atomic E-state index is -0.0663. The van der Waals surface area contributed by atoms with Crippen molar-refractivity contribution in [2.75, 3.05) is 39.4 Å². The van der Waals surface area contributed by atoms with Gasteiger partial charge in [-0.05, 0) is 61.8 Å². The average Bonchev–Trinajstić information content (AvgIpc) is 2.73. The first-order chi connectivity index (χ1) is 12.7. The molecule has 140 valence electrons. The number of hydrogen-bond donors (Lipinski definition) is 0. The third kappa shape index (κ3) is 3.63. The predicted molar refractivity (Wildman–Crippen MR) is 99.1 cm³/mol. The van der Waals surface area contributed by atoms with Gasteiger partial charge in [0.25, 0.3) is 5.91 Å². The van der Waals surface area contributed by atoms with Gasteiger partial charge in [0.05, 0.1) is 19.1 Å². The Morgan fingerprint density at radius 1 is 0.923 bits per heavy atom. The summed E-state index contributed by atoms with van der Waals surface area (Å²) in [5.41, 5.74) is 3.51. The molecule has 2 heterocycles. The summed E-state index contributed by atoms with van der Waals surface area (Å²) in [5.74, 6) is 0.206. The van der Waals surface area contributed by atoms with E-state index in [4.69, 9.17) is 4.74 Å². The summed E-state index contributed by atoms with van der Waals surface area (Å²) in [6.07, 6.45) is 6.45. The summed E-state index contributed by atoms with van der Waals surface area (Å²) in [5, 5.41) is 0. The molecular weight excluding hydrogens is 328 g/mol. The zero-order valence-corrected chi connectivity index (χ0v) is 15.4. The van der Waals surface area contributed by atoms with Gasteiger partial charge in [-0.15, -0.1) is 0 Å². The summed E-state index contributed by atoms with van der Waals surface area (Å²) in [4.78, 5) is 29.6. The first kappa shape index (κ1) is 17.5. The van der Waals surface area contributed by atoms with Crippen LogP contribution in [-0.2, 0) is 22.4 Å². The minimum absolute atomic E-state index is 0.0663. The maximum atomic E-state index is 13.0. The number of ether oxygens (including phenoxy) is 1. The number of likely N-dealkylation sites (tertiary alicyclic amines) is 1. The lowest BCUT2D eigenvalue weighted by Gasteiger charge is -2.36. The second kappa shape index (κ2) is 7.78. The molecule has 1 unspecified atom stereocenters. The van der Waals surface area contributed by atoms with E-state index < -0.39 is 0 Å². The molecule has 1 aliphatic carbocycles. The van der Waals surface area contributed by atoms with Crippen LogP contribution in [0.4, 0.5) is 0 Å². The van der Waals surface area contributed by atoms with Crippen LogP contribution in [0.1, 0.15) is 47.2 Å². The lowest BCUT2D eigenvalue weighted by molar-refractivity contribution is -0.141. The van der Waals surface area contributed by atoms with Crippen molar-refractivity contribution >= 4 is 11.8 Å². The Kier molecular flexibility index (Phi) is 5.25. The lowest BCUT2D eigenvalue weighted by Crippen LogP contribution is -2.49. The van der Waals surface area contributed by atoms with Crippen LogP contribution < -0.4 is 0 Å². The Labute approximate surface area is 155 Å². The Balaban J connectivity index is 1.43. The monoisotopic (exact) mass is 356 g/mol. The smallest absolute Gasteiger partial charge is 0.253 e. The Bertz CT molecular complexity index is 682. The Morgan fingerprint density at radius 3 is 2.50 bits per heavy atom. The van der Waals surface area contributed by atoms with Gasteiger partial charge < -0.3 is 14.5 Å². The van der Waals surface area contributed by atoms with E-state index in [1.165, 1.54) is 24.0 Å². The maximum absolute atomic E-state index is 13.0. The van der Waals surface area contributed by atoms with E-state index in [-0.39, 0.29) is 17.7 Å². The molecule has 0 spiro atoms. The summed E-state index contributed by atoms with van der Waals surface area (Å²) < 4.78 is 5.34. The number of rotatable bonds is 2. The highest BCUT2D eigenvalue weighted by molar-refractivity contribution is 5.95. The molecule has 2 amide bonds. The van der Waals surface area contributed by atoms with Crippen molar-refractivity contribution in [3.63, 3.8) is 0 Å². The quantitative estimate of drug-likeness (QED) is 0.817. The normalized spacial score (nSPS) is 23.5. The first-order valence-corrected chi connectivity index (χ1v) is 10.00. The molecule has 5 heteroatoms. The molecule has 1 aromatic rings. The second-order valence-corrected chi connectivity index (χ2v) is 7.72. The number of aryl methyl sites for hydroxylation is 2. The van der Waals surface area contributed by atoms with Crippen molar-refractivity contribution in [1.29, 1.82) is 0 Å². The van der Waals surface area contributed by atoms with Crippen LogP contribution in [0.15, 0.2) is 18.2 Å². The van der Waals surface area contributed by atoms with E-state index in [0.717, 1.165) is 37.8 Å². The van der Waals surface area contributed by atoms with Crippen molar-refractivity contribution in [2.24, 2.45) is 5.92 Å². The fraction of sp³-hybridized carbons (Fsp3) is 0.619. The van der Waals surface area contributed by atoms with Gasteiger partial charge >= 0.3 is 0 Å². The fourth-order valence-corrected chi connectivity index (χ4v) is 4.45. The van der Waals surface area contributed by atoms with Gasteiger partial charge in [-0.1, -0.05) is 6.07 Å². The van der Waals surface area contributed by atoms with Crippen molar-refractivity contribution in [1.82, 2.24) is 9.80 Å². The molecule has 5 nitrogen and oxygen atoms in total. The fourth-order valence-electron chi connectivity index (χ4n) is 4.45. The lowest BCUT2D eigenvalue weighted by atomic mass is 9.90. The first-order valence-electron chi connectivity index (χ1n) is 10.00. The summed E-state index contributed by atoms with van der Waals surface area (Å²) >= 11 is 0. The van der Waals surface area contributed by atoms with Gasteiger partial charge in [-0.2, -0.15) is 0 Å². The van der Waals surface area contributed by atoms with E-state index in [1.54, 1.807) is 0 Å². The van der Waals surface area contributed by atoms with Crippen molar-refractivity contribution in [3.8, 4) is 0 Å². The topological polar surface area (TPSA) is 49.9 Å². The summed E-state index contributed by atoms with van der Waals surface area (Å²) in [7, 11) is 0. The minimum Gasteiger partial charge on any atom is -0.378 e. The highest BCUT2D eigenvalue weighted by atomic mass is 16.5. The van der Waals surface area contributed by atoms with Gasteiger partial charge in [0.2, 0.25) is 5.91 Å². The maximum Gasteiger partial charge on any atom is 0.253 e. The molecular formula is C21H28N2O3. The largest absolute Gasteiger partial charge is 0.378 e. The van der Waals surface area contributed by atoms with Gasteiger partial charge in [0, 0.05) is 31.7 Å². The molecule has 2 fully saturated rings. The van der Waals surface area contributed by atoms with Gasteiger partial charge in [-0.25, -0.2) is 0 Å². The SMILES string of the molecule is O=C(c1ccc2c(c1)CCCC2)N1CCCC(C(=O)N2CCOCC2)C1. The molecule has 2 aliphatic heterocycles. The number of piperidine rings is 1. The van der Waals surface area contributed by atoms with E-state index in [9.17, 15) is 9.59 Å². The second-order valence-electron chi connectivity index (χ2n) is 7.72. The Morgan fingerprint density at radius 2 is 1.69 bits per heavy atom. The van der Waals surface area contributed by atoms with Crippen LogP contribution in [0.5, 0.6) is 0 Å². The van der Waals surface area contributed by atoms with Crippen molar-refractivity contribution in [3.05, 3.63) is 34.9 Å². The van der Waals surface area contributed by atoms with E-state index in [1.807, 2.05) is 15.9 Å². The van der Waals surface area contributed by atoms with Crippen LogP contribution in [0.25, 0.3) is 0 Å². The number of hydrogen-bond acceptors (Lipinski definition) is 3. The number of carbonyl (C=O) groups excluding carboxylic acids is 2. The highest BCUT2D eigenvalue weighted by Gasteiger charge is 2.32. The standard InChI is InChI=1S/C21H28N2O3/c24-20(18-8-7-16-4-1-2-5-17(16)14-18)23-9-3-6-19(15-23)21(25)22-10-12-26-13-11-22/h7-8,14,19H,1-6,9-13,15H2. The third-order valence-electron chi connectivity index (χ3n) is 5.98. The van der Waals surface area contributed by atoms with Crippen LogP contribution in [-0.4, -0.2) is 61.0 Å². The molecule has 1 aromatic carbocycles. The van der Waals surface area contributed by atoms with Gasteiger partial charge in [0.1, 0.15) is 0 Å². The van der Waals surface area contributed by atoms with E-state index in [2.05, 4.69) is 12.1 Å². The molecule has 1 atom stereocenters. The number of carbonyl (C=O) groups is 2. The molecule has 0 saturated carbocycles. The van der Waals surface area contributed by atoms with Crippen LogP contribution in [0.3, 0.4) is 0 Å². The molecule has 0 bridgehead atoms. The zero-order chi connectivity index (χ0) is 17.9. The van der Waals surface area contributed by atoms with E-state index >= 15 is 0 Å². The number of benzene rings is 1. The molecule has 0 radical (unpaired) electrons. The highest BCUT2D eigenvalue weighted by Crippen LogP contribution is 2.25. The van der Waals surface area contributed by atoms with Gasteiger partial charge in [-0.3, -0.25) is 9.59 Å². The zero-order valence-electron chi connectivity index (χ0n) is 15.4. The van der Waals surface area contributed by atoms with Gasteiger partial charge in [0.15, 0.2) is 0 Å². The molecule has 4 rings (SSSR count). The molecule has 2 saturated heterocycles. The summed E-state index contributed by atoms with van der Waals surface area (Å²) in [6, 6.07) is 6.19. The average molecular weight is 356 g/mol. The predicted octanol–water partition coefficient (Wildman–Crippen LogP) is 2.28. The number of morpholine rings is 1. The van der Waals surface area contributed by atoms with Crippen LogP contribution >= 0.6 is 0 Å².